The number of rotatable bonds is 1. The molecule has 0 radical (unpaired) electrons. The first-order valence-electron chi connectivity index (χ1n) is 14.1. The van der Waals surface area contributed by atoms with Crippen LogP contribution in [0.2, 0.25) is 0 Å². The minimum absolute atomic E-state index is 0.103. The zero-order valence-electron chi connectivity index (χ0n) is 22.4. The zero-order valence-corrected chi connectivity index (χ0v) is 22.4. The minimum Gasteiger partial charge on any atom is -0.390 e. The summed E-state index contributed by atoms with van der Waals surface area (Å²) in [6.45, 7) is 20.0. The summed E-state index contributed by atoms with van der Waals surface area (Å²) in [6, 6.07) is 0. The highest BCUT2D eigenvalue weighted by Crippen LogP contribution is 2.77. The van der Waals surface area contributed by atoms with Crippen LogP contribution in [0.25, 0.3) is 0 Å². The van der Waals surface area contributed by atoms with Gasteiger partial charge in [0.2, 0.25) is 0 Å². The van der Waals surface area contributed by atoms with Crippen molar-refractivity contribution < 1.29 is 10.2 Å². The molecular weight excluding hydrogens is 392 g/mol. The van der Waals surface area contributed by atoms with E-state index in [1.165, 1.54) is 51.4 Å². The second kappa shape index (κ2) is 6.99. The summed E-state index contributed by atoms with van der Waals surface area (Å²) in [6.07, 6.45) is 10.4. The first-order chi connectivity index (χ1) is 14.7. The standard InChI is InChI=1S/C30H52O2/c1-18(2)19-11-13-27(5)15-16-28(6)20(24(19)27)9-10-23-29(28,7)14-12-22-26(3,4)17-21(31)25(32)30(22,23)8/h18-25,31-32H,9-17H2,1-8H3/t19-,20?,21?,22?,23?,24?,25?,27-,28-,29-,30+/m1/s1. The number of aliphatic hydroxyl groups excluding tert-OH is 2. The average molecular weight is 445 g/mol. The van der Waals surface area contributed by atoms with E-state index < -0.39 is 12.2 Å². The summed E-state index contributed by atoms with van der Waals surface area (Å²) in [4.78, 5) is 0. The highest BCUT2D eigenvalue weighted by Gasteiger charge is 2.71. The maximum atomic E-state index is 11.6. The lowest BCUT2D eigenvalue weighted by Crippen LogP contribution is -2.69. The zero-order chi connectivity index (χ0) is 23.5. The Balaban J connectivity index is 1.57. The highest BCUT2D eigenvalue weighted by molar-refractivity contribution is 5.20. The molecule has 0 aromatic heterocycles. The van der Waals surface area contributed by atoms with Crippen LogP contribution in [0.4, 0.5) is 0 Å². The van der Waals surface area contributed by atoms with E-state index >= 15 is 0 Å². The average Bonchev–Trinajstić information content (AvgIpc) is 3.04. The van der Waals surface area contributed by atoms with Crippen molar-refractivity contribution in [2.45, 2.75) is 125 Å². The Labute approximate surface area is 198 Å². The normalized spacial score (nSPS) is 59.2. The van der Waals surface area contributed by atoms with Crippen LogP contribution in [0.3, 0.4) is 0 Å². The van der Waals surface area contributed by atoms with E-state index in [4.69, 9.17) is 0 Å². The molecule has 2 nitrogen and oxygen atoms in total. The van der Waals surface area contributed by atoms with Crippen molar-refractivity contribution in [2.75, 3.05) is 0 Å². The fraction of sp³-hybridized carbons (Fsp3) is 1.00. The maximum Gasteiger partial charge on any atom is 0.0858 e. The Morgan fingerprint density at radius 3 is 2.06 bits per heavy atom. The van der Waals surface area contributed by atoms with Crippen molar-refractivity contribution in [2.24, 2.45) is 62.6 Å². The first kappa shape index (κ1) is 23.7. The molecule has 0 heterocycles. The van der Waals surface area contributed by atoms with Gasteiger partial charge in [-0.25, -0.2) is 0 Å². The third kappa shape index (κ3) is 2.72. The molecule has 184 valence electrons. The van der Waals surface area contributed by atoms with Crippen LogP contribution in [0.5, 0.6) is 0 Å². The summed E-state index contributed by atoms with van der Waals surface area (Å²) >= 11 is 0. The molecule has 32 heavy (non-hydrogen) atoms. The van der Waals surface area contributed by atoms with Crippen molar-refractivity contribution in [1.29, 1.82) is 0 Å². The third-order valence-corrected chi connectivity index (χ3v) is 13.6. The van der Waals surface area contributed by atoms with Crippen LogP contribution < -0.4 is 0 Å². The van der Waals surface area contributed by atoms with Gasteiger partial charge in [-0.1, -0.05) is 55.4 Å². The Bertz CT molecular complexity index is 758. The van der Waals surface area contributed by atoms with Gasteiger partial charge in [0.05, 0.1) is 12.2 Å². The van der Waals surface area contributed by atoms with Crippen LogP contribution in [0.1, 0.15) is 113 Å². The van der Waals surface area contributed by atoms with Crippen LogP contribution >= 0.6 is 0 Å². The van der Waals surface area contributed by atoms with Crippen LogP contribution in [0, 0.1) is 62.6 Å². The molecule has 11 atom stereocenters. The van der Waals surface area contributed by atoms with Crippen molar-refractivity contribution in [3.8, 4) is 0 Å². The monoisotopic (exact) mass is 444 g/mol. The molecule has 5 fully saturated rings. The van der Waals surface area contributed by atoms with E-state index in [1.807, 2.05) is 0 Å². The van der Waals surface area contributed by atoms with Crippen molar-refractivity contribution in [1.82, 2.24) is 0 Å². The molecule has 5 aliphatic rings. The quantitative estimate of drug-likeness (QED) is 0.454. The smallest absolute Gasteiger partial charge is 0.0858 e. The molecule has 0 aromatic carbocycles. The molecule has 2 heteroatoms. The Hall–Kier alpha value is -0.0800. The molecule has 0 aliphatic heterocycles. The number of hydrogen-bond donors (Lipinski definition) is 2. The second-order valence-electron chi connectivity index (χ2n) is 15.4. The molecule has 5 aliphatic carbocycles. The summed E-state index contributed by atoms with van der Waals surface area (Å²) in [7, 11) is 0. The Morgan fingerprint density at radius 1 is 0.719 bits per heavy atom. The van der Waals surface area contributed by atoms with E-state index in [1.54, 1.807) is 0 Å². The summed E-state index contributed by atoms with van der Waals surface area (Å²) in [5.74, 6) is 4.41. The SMILES string of the molecule is CC(C)[C@H]1CC[C@]2(C)CC[C@]3(C)C(CCC4[C@@]5(C)C(O)C(O)CC(C)(C)C5CC[C@]43C)C12. The van der Waals surface area contributed by atoms with Gasteiger partial charge in [-0.3, -0.25) is 0 Å². The highest BCUT2D eigenvalue weighted by atomic mass is 16.3. The minimum atomic E-state index is -0.575. The Morgan fingerprint density at radius 2 is 1.41 bits per heavy atom. The van der Waals surface area contributed by atoms with Gasteiger partial charge in [-0.05, 0) is 115 Å². The predicted molar refractivity (Wildman–Crippen MR) is 132 cm³/mol. The van der Waals surface area contributed by atoms with Gasteiger partial charge in [0.1, 0.15) is 0 Å². The van der Waals surface area contributed by atoms with Crippen molar-refractivity contribution in [3.05, 3.63) is 0 Å². The molecule has 0 saturated heterocycles. The van der Waals surface area contributed by atoms with Gasteiger partial charge in [0, 0.05) is 5.41 Å². The second-order valence-corrected chi connectivity index (χ2v) is 15.4. The number of hydrogen-bond acceptors (Lipinski definition) is 2. The molecule has 5 rings (SSSR count). The van der Waals surface area contributed by atoms with Gasteiger partial charge in [-0.15, -0.1) is 0 Å². The molecule has 2 N–H and O–H groups in total. The number of aliphatic hydroxyl groups is 2. The number of fused-ring (bicyclic) bond motifs is 7. The van der Waals surface area contributed by atoms with Gasteiger partial charge >= 0.3 is 0 Å². The molecule has 5 saturated carbocycles. The first-order valence-corrected chi connectivity index (χ1v) is 14.1. The van der Waals surface area contributed by atoms with Crippen molar-refractivity contribution in [3.63, 3.8) is 0 Å². The van der Waals surface area contributed by atoms with Crippen LogP contribution in [-0.2, 0) is 0 Å². The lowest BCUT2D eigenvalue weighted by Gasteiger charge is -2.73. The lowest BCUT2D eigenvalue weighted by molar-refractivity contribution is -0.276. The van der Waals surface area contributed by atoms with Crippen LogP contribution in [-0.4, -0.2) is 22.4 Å². The molecule has 6 unspecified atom stereocenters. The van der Waals surface area contributed by atoms with E-state index in [2.05, 4.69) is 55.4 Å². The molecule has 0 bridgehead atoms. The molecular formula is C30H52O2. The molecule has 0 amide bonds. The van der Waals surface area contributed by atoms with Gasteiger partial charge in [0.15, 0.2) is 0 Å². The predicted octanol–water partition coefficient (Wildman–Crippen LogP) is 7.08. The molecule has 0 aromatic rings. The van der Waals surface area contributed by atoms with Gasteiger partial charge in [-0.2, -0.15) is 0 Å². The van der Waals surface area contributed by atoms with E-state index in [0.717, 1.165) is 30.1 Å². The molecule has 0 spiro atoms. The lowest BCUT2D eigenvalue weighted by atomic mass is 9.32. The summed E-state index contributed by atoms with van der Waals surface area (Å²) < 4.78 is 0. The fourth-order valence-electron chi connectivity index (χ4n) is 11.9. The fourth-order valence-corrected chi connectivity index (χ4v) is 11.9. The largest absolute Gasteiger partial charge is 0.390 e. The van der Waals surface area contributed by atoms with Gasteiger partial charge in [0.25, 0.3) is 0 Å². The van der Waals surface area contributed by atoms with Crippen molar-refractivity contribution >= 4 is 0 Å². The Kier molecular flexibility index (Phi) is 5.17. The van der Waals surface area contributed by atoms with E-state index in [0.29, 0.717) is 22.7 Å². The topological polar surface area (TPSA) is 40.5 Å². The van der Waals surface area contributed by atoms with Crippen LogP contribution in [0.15, 0.2) is 0 Å². The van der Waals surface area contributed by atoms with Gasteiger partial charge < -0.3 is 10.2 Å². The summed E-state index contributed by atoms with van der Waals surface area (Å²) in [5, 5.41) is 22.5. The third-order valence-electron chi connectivity index (χ3n) is 13.6. The summed E-state index contributed by atoms with van der Waals surface area (Å²) in [5.41, 5.74) is 1.10. The van der Waals surface area contributed by atoms with E-state index in [-0.39, 0.29) is 16.2 Å². The maximum absolute atomic E-state index is 11.6. The van der Waals surface area contributed by atoms with E-state index in [9.17, 15) is 10.2 Å².